The number of rotatable bonds is 4. The number of halogens is 1. The highest BCUT2D eigenvalue weighted by atomic mass is 19.1. The van der Waals surface area contributed by atoms with Crippen LogP contribution in [0.2, 0.25) is 0 Å². The van der Waals surface area contributed by atoms with Crippen LogP contribution in [0.4, 0.5) is 15.9 Å². The van der Waals surface area contributed by atoms with Gasteiger partial charge in [0, 0.05) is 49.5 Å². The average Bonchev–Trinajstić information content (AvgIpc) is 3.27. The highest BCUT2D eigenvalue weighted by molar-refractivity contribution is 6.05. The first kappa shape index (κ1) is 20.1. The molecule has 1 saturated heterocycles. The maximum atomic E-state index is 14.4. The van der Waals surface area contributed by atoms with Gasteiger partial charge in [0.15, 0.2) is 0 Å². The predicted molar refractivity (Wildman–Crippen MR) is 118 cm³/mol. The fourth-order valence-electron chi connectivity index (χ4n) is 4.17. The Kier molecular flexibility index (Phi) is 5.04. The monoisotopic (exact) mass is 435 g/mol. The van der Waals surface area contributed by atoms with Gasteiger partial charge in [-0.25, -0.2) is 14.2 Å². The van der Waals surface area contributed by atoms with Crippen molar-refractivity contribution in [2.24, 2.45) is 0 Å². The number of ether oxygens (including phenoxy) is 1. The summed E-state index contributed by atoms with van der Waals surface area (Å²) in [5.74, 6) is 0.597. The van der Waals surface area contributed by atoms with Crippen molar-refractivity contribution >= 4 is 34.2 Å². The summed E-state index contributed by atoms with van der Waals surface area (Å²) in [5.41, 5.74) is 2.11. The molecule has 1 aromatic carbocycles. The maximum absolute atomic E-state index is 14.4. The molecule has 1 fully saturated rings. The van der Waals surface area contributed by atoms with Gasteiger partial charge in [0.2, 0.25) is 0 Å². The van der Waals surface area contributed by atoms with Crippen LogP contribution >= 0.6 is 0 Å². The molecular weight excluding hydrogens is 413 g/mol. The van der Waals surface area contributed by atoms with E-state index in [0.29, 0.717) is 48.6 Å². The molecule has 0 aliphatic carbocycles. The van der Waals surface area contributed by atoms with Gasteiger partial charge in [-0.05, 0) is 19.9 Å². The Bertz CT molecular complexity index is 1310. The van der Waals surface area contributed by atoms with Crippen molar-refractivity contribution in [3.05, 3.63) is 53.9 Å². The molecule has 0 unspecified atom stereocenters. The van der Waals surface area contributed by atoms with Crippen molar-refractivity contribution < 1.29 is 13.9 Å². The van der Waals surface area contributed by atoms with Gasteiger partial charge in [0.05, 0.1) is 12.3 Å². The van der Waals surface area contributed by atoms with E-state index in [9.17, 15) is 9.18 Å². The fourth-order valence-corrected chi connectivity index (χ4v) is 4.17. The van der Waals surface area contributed by atoms with Crippen molar-refractivity contribution in [2.75, 3.05) is 42.6 Å². The molecule has 4 aromatic rings. The Morgan fingerprint density at radius 3 is 2.72 bits per heavy atom. The highest BCUT2D eigenvalue weighted by Crippen LogP contribution is 2.32. The van der Waals surface area contributed by atoms with E-state index >= 15 is 0 Å². The zero-order valence-electron chi connectivity index (χ0n) is 17.8. The number of para-hydroxylation sites is 1. The van der Waals surface area contributed by atoms with Gasteiger partial charge in [-0.15, -0.1) is 0 Å². The average molecular weight is 435 g/mol. The molecule has 164 valence electrons. The van der Waals surface area contributed by atoms with Gasteiger partial charge in [0.1, 0.15) is 29.0 Å². The van der Waals surface area contributed by atoms with E-state index < -0.39 is 11.8 Å². The summed E-state index contributed by atoms with van der Waals surface area (Å²) in [6.45, 7) is 6.55. The molecule has 4 heterocycles. The molecule has 1 aliphatic heterocycles. The molecule has 1 aliphatic rings. The largest absolute Gasteiger partial charge is 0.462 e. The number of nitrogens with zero attached hydrogens (tertiary/aromatic N) is 7. The smallest absolute Gasteiger partial charge is 0.341 e. The zero-order valence-corrected chi connectivity index (χ0v) is 17.8. The number of anilines is 2. The Morgan fingerprint density at radius 1 is 1.16 bits per heavy atom. The lowest BCUT2D eigenvalue weighted by molar-refractivity contribution is 0.0526. The number of esters is 1. The number of hydrogen-bond donors (Lipinski definition) is 0. The molecule has 32 heavy (non-hydrogen) atoms. The van der Waals surface area contributed by atoms with Gasteiger partial charge in [-0.1, -0.05) is 12.1 Å². The van der Waals surface area contributed by atoms with Gasteiger partial charge in [-0.2, -0.15) is 14.6 Å². The Hall–Kier alpha value is -3.82. The predicted octanol–water partition coefficient (Wildman–Crippen LogP) is 2.62. The molecule has 3 aromatic heterocycles. The summed E-state index contributed by atoms with van der Waals surface area (Å²) in [4.78, 5) is 29.8. The van der Waals surface area contributed by atoms with Crippen molar-refractivity contribution in [3.63, 3.8) is 0 Å². The Balaban J connectivity index is 1.50. The molecule has 0 spiro atoms. The van der Waals surface area contributed by atoms with Crippen molar-refractivity contribution in [1.82, 2.24) is 24.6 Å². The van der Waals surface area contributed by atoms with Gasteiger partial charge >= 0.3 is 5.97 Å². The van der Waals surface area contributed by atoms with E-state index in [2.05, 4.69) is 29.9 Å². The Labute approximate surface area is 183 Å². The third-order valence-corrected chi connectivity index (χ3v) is 5.60. The summed E-state index contributed by atoms with van der Waals surface area (Å²) in [7, 11) is 0. The highest BCUT2D eigenvalue weighted by Gasteiger charge is 2.27. The quantitative estimate of drug-likeness (QED) is 0.452. The van der Waals surface area contributed by atoms with Crippen LogP contribution in [-0.2, 0) is 4.74 Å². The summed E-state index contributed by atoms with van der Waals surface area (Å²) < 4.78 is 21.4. The van der Waals surface area contributed by atoms with Gasteiger partial charge in [-0.3, -0.25) is 4.98 Å². The standard InChI is InChI=1S/C22H22FN7O2/c1-3-32-21(31)16-12-24-19-15(5-4-6-17(19)23)20(16)29-9-7-28(8-10-29)18-11-14(2)27-22-25-13-26-30(18)22/h4-6,11-13H,3,7-10H2,1-2H3. The van der Waals surface area contributed by atoms with E-state index in [1.807, 2.05) is 13.0 Å². The lowest BCUT2D eigenvalue weighted by Crippen LogP contribution is -2.47. The van der Waals surface area contributed by atoms with Crippen LogP contribution in [0.25, 0.3) is 16.7 Å². The van der Waals surface area contributed by atoms with Crippen molar-refractivity contribution in [2.45, 2.75) is 13.8 Å². The summed E-state index contributed by atoms with van der Waals surface area (Å²) >= 11 is 0. The van der Waals surface area contributed by atoms with E-state index in [-0.39, 0.29) is 12.1 Å². The number of aromatic nitrogens is 5. The minimum Gasteiger partial charge on any atom is -0.462 e. The van der Waals surface area contributed by atoms with E-state index in [4.69, 9.17) is 4.74 Å². The van der Waals surface area contributed by atoms with Gasteiger partial charge in [0.25, 0.3) is 5.78 Å². The number of aryl methyl sites for hydroxylation is 1. The second-order valence-electron chi connectivity index (χ2n) is 7.58. The third kappa shape index (κ3) is 3.37. The first-order valence-electron chi connectivity index (χ1n) is 10.5. The van der Waals surface area contributed by atoms with Crippen molar-refractivity contribution in [3.8, 4) is 0 Å². The zero-order chi connectivity index (χ0) is 22.2. The third-order valence-electron chi connectivity index (χ3n) is 5.60. The fraction of sp³-hybridized carbons (Fsp3) is 0.318. The number of carbonyl (C=O) groups excluding carboxylic acids is 1. The van der Waals surface area contributed by atoms with Crippen LogP contribution < -0.4 is 9.80 Å². The normalized spacial score (nSPS) is 14.3. The Morgan fingerprint density at radius 2 is 1.94 bits per heavy atom. The van der Waals surface area contributed by atoms with Crippen molar-refractivity contribution in [1.29, 1.82) is 0 Å². The molecule has 0 saturated carbocycles. The molecule has 0 amide bonds. The lowest BCUT2D eigenvalue weighted by atomic mass is 10.1. The molecule has 0 bridgehead atoms. The van der Waals surface area contributed by atoms with E-state index in [0.717, 1.165) is 11.5 Å². The van der Waals surface area contributed by atoms with Gasteiger partial charge < -0.3 is 14.5 Å². The SMILES string of the molecule is CCOC(=O)c1cnc2c(F)cccc2c1N1CCN(c2cc(C)nc3ncnn23)CC1. The number of pyridine rings is 1. The van der Waals surface area contributed by atoms with E-state index in [1.165, 1.54) is 18.6 Å². The molecular formula is C22H22FN7O2. The molecule has 0 radical (unpaired) electrons. The minimum atomic E-state index is -0.460. The maximum Gasteiger partial charge on any atom is 0.341 e. The molecule has 0 atom stereocenters. The molecule has 5 rings (SSSR count). The summed E-state index contributed by atoms with van der Waals surface area (Å²) in [6.07, 6.45) is 2.90. The van der Waals surface area contributed by atoms with Crippen LogP contribution in [0.5, 0.6) is 0 Å². The second-order valence-corrected chi connectivity index (χ2v) is 7.58. The molecule has 10 heteroatoms. The second kappa shape index (κ2) is 8.03. The van der Waals surface area contributed by atoms with Crippen LogP contribution in [0.3, 0.4) is 0 Å². The van der Waals surface area contributed by atoms with Crippen LogP contribution in [0.1, 0.15) is 23.0 Å². The first-order valence-corrected chi connectivity index (χ1v) is 10.5. The number of hydrogen-bond acceptors (Lipinski definition) is 8. The number of benzene rings is 1. The minimum absolute atomic E-state index is 0.243. The number of carbonyl (C=O) groups is 1. The number of fused-ring (bicyclic) bond motifs is 2. The molecule has 0 N–H and O–H groups in total. The number of piperazine rings is 1. The van der Waals surface area contributed by atoms with Crippen LogP contribution in [0, 0.1) is 12.7 Å². The van der Waals surface area contributed by atoms with E-state index in [1.54, 1.807) is 23.6 Å². The summed E-state index contributed by atoms with van der Waals surface area (Å²) in [5, 5.41) is 4.90. The molecule has 9 nitrogen and oxygen atoms in total. The van der Waals surface area contributed by atoms with Crippen LogP contribution in [-0.4, -0.2) is 63.3 Å². The first-order chi connectivity index (χ1) is 15.6. The topological polar surface area (TPSA) is 88.8 Å². The van der Waals surface area contributed by atoms with Crippen LogP contribution in [0.15, 0.2) is 36.8 Å². The summed E-state index contributed by atoms with van der Waals surface area (Å²) in [6, 6.07) is 6.78. The lowest BCUT2D eigenvalue weighted by Gasteiger charge is -2.38.